The standard InChI is InChI=1S/C25H31NO4/c27-22(18-20-10-7-9-19-8-4-5-11-23(19)20)15-13-21-14-16-24(28)26(21)17-6-2-1-3-12-25(29)30/h4-5,7-11,13,15,21-22,27H,1-3,6,12,14,16-18H2,(H,29,30)/t21-,22+/m0/s1. The molecule has 3 rings (SSSR count). The number of aliphatic hydroxyl groups is 1. The first-order chi connectivity index (χ1) is 14.5. The molecule has 0 saturated carbocycles. The molecule has 2 aromatic carbocycles. The van der Waals surface area contributed by atoms with E-state index in [1.165, 1.54) is 5.39 Å². The highest BCUT2D eigenvalue weighted by Gasteiger charge is 2.28. The monoisotopic (exact) mass is 409 g/mol. The van der Waals surface area contributed by atoms with Crippen LogP contribution in [0, 0.1) is 0 Å². The van der Waals surface area contributed by atoms with E-state index >= 15 is 0 Å². The molecule has 1 fully saturated rings. The van der Waals surface area contributed by atoms with E-state index in [4.69, 9.17) is 5.11 Å². The maximum atomic E-state index is 12.2. The first-order valence-electron chi connectivity index (χ1n) is 10.9. The van der Waals surface area contributed by atoms with Crippen molar-refractivity contribution in [2.45, 2.75) is 63.5 Å². The summed E-state index contributed by atoms with van der Waals surface area (Å²) in [4.78, 5) is 24.7. The number of hydrogen-bond donors (Lipinski definition) is 2. The third kappa shape index (κ3) is 6.17. The average Bonchev–Trinajstić information content (AvgIpc) is 3.08. The molecule has 1 amide bonds. The Hall–Kier alpha value is -2.66. The highest BCUT2D eigenvalue weighted by molar-refractivity contribution is 5.85. The summed E-state index contributed by atoms with van der Waals surface area (Å²) >= 11 is 0. The molecule has 1 aliphatic rings. The van der Waals surface area contributed by atoms with Gasteiger partial charge in [-0.05, 0) is 35.6 Å². The van der Waals surface area contributed by atoms with Crippen molar-refractivity contribution in [3.05, 3.63) is 60.2 Å². The zero-order chi connectivity index (χ0) is 21.3. The molecule has 30 heavy (non-hydrogen) atoms. The van der Waals surface area contributed by atoms with E-state index in [-0.39, 0.29) is 18.4 Å². The van der Waals surface area contributed by atoms with Gasteiger partial charge >= 0.3 is 5.97 Å². The lowest BCUT2D eigenvalue weighted by atomic mass is 9.99. The maximum absolute atomic E-state index is 12.2. The van der Waals surface area contributed by atoms with Crippen LogP contribution in [0.15, 0.2) is 54.6 Å². The van der Waals surface area contributed by atoms with Gasteiger partial charge in [0, 0.05) is 25.8 Å². The normalized spacial score (nSPS) is 17.8. The molecule has 160 valence electrons. The molecule has 2 aromatic rings. The lowest BCUT2D eigenvalue weighted by molar-refractivity contribution is -0.137. The highest BCUT2D eigenvalue weighted by atomic mass is 16.4. The zero-order valence-electron chi connectivity index (χ0n) is 17.4. The minimum absolute atomic E-state index is 0.0405. The smallest absolute Gasteiger partial charge is 0.303 e. The van der Waals surface area contributed by atoms with E-state index in [0.717, 1.165) is 36.6 Å². The molecule has 1 saturated heterocycles. The number of benzene rings is 2. The summed E-state index contributed by atoms with van der Waals surface area (Å²) in [7, 11) is 0. The Kier molecular flexibility index (Phi) is 8.03. The van der Waals surface area contributed by atoms with Crippen LogP contribution < -0.4 is 0 Å². The molecular formula is C25H31NO4. The van der Waals surface area contributed by atoms with Crippen molar-refractivity contribution in [2.75, 3.05) is 6.54 Å². The summed E-state index contributed by atoms with van der Waals surface area (Å²) in [6.07, 6.45) is 8.67. The summed E-state index contributed by atoms with van der Waals surface area (Å²) in [6.45, 7) is 0.695. The number of carbonyl (C=O) groups is 2. The third-order valence-electron chi connectivity index (χ3n) is 5.78. The first kappa shape index (κ1) is 22.0. The number of hydrogen-bond acceptors (Lipinski definition) is 3. The van der Waals surface area contributed by atoms with Gasteiger partial charge < -0.3 is 15.1 Å². The molecule has 5 heteroatoms. The number of carbonyl (C=O) groups excluding carboxylic acids is 1. The van der Waals surface area contributed by atoms with Gasteiger partial charge in [0.2, 0.25) is 5.91 Å². The summed E-state index contributed by atoms with van der Waals surface area (Å²) < 4.78 is 0. The molecule has 0 bridgehead atoms. The second kappa shape index (κ2) is 10.9. The van der Waals surface area contributed by atoms with Crippen LogP contribution in [0.25, 0.3) is 10.8 Å². The number of nitrogens with zero attached hydrogens (tertiary/aromatic N) is 1. The molecule has 0 unspecified atom stereocenters. The maximum Gasteiger partial charge on any atom is 0.303 e. The van der Waals surface area contributed by atoms with E-state index in [1.54, 1.807) is 0 Å². The fourth-order valence-electron chi connectivity index (χ4n) is 4.18. The van der Waals surface area contributed by atoms with Crippen molar-refractivity contribution in [3.8, 4) is 0 Å². The molecule has 1 aliphatic heterocycles. The predicted octanol–water partition coefficient (Wildman–Crippen LogP) is 4.33. The van der Waals surface area contributed by atoms with Crippen LogP contribution in [-0.4, -0.2) is 45.7 Å². The number of aliphatic carboxylic acids is 1. The fraction of sp³-hybridized carbons (Fsp3) is 0.440. The van der Waals surface area contributed by atoms with E-state index < -0.39 is 12.1 Å². The molecule has 0 spiro atoms. The molecule has 0 radical (unpaired) electrons. The number of unbranched alkanes of at least 4 members (excludes halogenated alkanes) is 3. The van der Waals surface area contributed by atoms with Gasteiger partial charge in [-0.1, -0.05) is 67.5 Å². The lowest BCUT2D eigenvalue weighted by Gasteiger charge is -2.22. The van der Waals surface area contributed by atoms with E-state index in [1.807, 2.05) is 35.3 Å². The number of carboxylic acids is 1. The van der Waals surface area contributed by atoms with Crippen LogP contribution in [0.5, 0.6) is 0 Å². The molecule has 1 heterocycles. The number of carboxylic acid groups (broad SMARTS) is 1. The van der Waals surface area contributed by atoms with Crippen molar-refractivity contribution in [3.63, 3.8) is 0 Å². The zero-order valence-corrected chi connectivity index (χ0v) is 17.4. The quantitative estimate of drug-likeness (QED) is 0.428. The Labute approximate surface area is 178 Å². The van der Waals surface area contributed by atoms with Gasteiger partial charge in [-0.2, -0.15) is 0 Å². The van der Waals surface area contributed by atoms with Crippen LogP contribution in [0.4, 0.5) is 0 Å². The summed E-state index contributed by atoms with van der Waals surface area (Å²) in [5.74, 6) is -0.587. The van der Waals surface area contributed by atoms with Crippen molar-refractivity contribution in [1.82, 2.24) is 4.90 Å². The largest absolute Gasteiger partial charge is 0.481 e. The van der Waals surface area contributed by atoms with E-state index in [9.17, 15) is 14.7 Å². The van der Waals surface area contributed by atoms with Crippen molar-refractivity contribution in [1.29, 1.82) is 0 Å². The van der Waals surface area contributed by atoms with E-state index in [2.05, 4.69) is 24.3 Å². The minimum Gasteiger partial charge on any atom is -0.481 e. The second-order valence-electron chi connectivity index (χ2n) is 8.05. The van der Waals surface area contributed by atoms with Gasteiger partial charge in [-0.25, -0.2) is 0 Å². The summed E-state index contributed by atoms with van der Waals surface area (Å²) in [6, 6.07) is 14.4. The van der Waals surface area contributed by atoms with E-state index in [0.29, 0.717) is 25.8 Å². The minimum atomic E-state index is -0.753. The van der Waals surface area contributed by atoms with Gasteiger partial charge in [0.1, 0.15) is 0 Å². The van der Waals surface area contributed by atoms with Crippen molar-refractivity contribution < 1.29 is 19.8 Å². The van der Waals surface area contributed by atoms with Gasteiger partial charge in [-0.3, -0.25) is 9.59 Å². The first-order valence-corrected chi connectivity index (χ1v) is 10.9. The van der Waals surface area contributed by atoms with Gasteiger partial charge in [-0.15, -0.1) is 0 Å². The Bertz CT molecular complexity index is 886. The average molecular weight is 410 g/mol. The molecule has 5 nitrogen and oxygen atoms in total. The Morgan fingerprint density at radius 2 is 1.87 bits per heavy atom. The number of rotatable bonds is 11. The molecular weight excluding hydrogens is 378 g/mol. The number of amides is 1. The SMILES string of the molecule is O=C(O)CCCCCCN1C(=O)CC[C@@H]1C=C[C@@H](O)Cc1cccc2ccccc12. The van der Waals surface area contributed by atoms with Crippen LogP contribution >= 0.6 is 0 Å². The van der Waals surface area contributed by atoms with Gasteiger partial charge in [0.25, 0.3) is 0 Å². The Morgan fingerprint density at radius 1 is 1.10 bits per heavy atom. The van der Waals surface area contributed by atoms with Gasteiger partial charge in [0.05, 0.1) is 12.1 Å². The van der Waals surface area contributed by atoms with Gasteiger partial charge in [0.15, 0.2) is 0 Å². The Balaban J connectivity index is 1.50. The molecule has 2 N–H and O–H groups in total. The highest BCUT2D eigenvalue weighted by Crippen LogP contribution is 2.23. The second-order valence-corrected chi connectivity index (χ2v) is 8.05. The van der Waals surface area contributed by atoms with Crippen LogP contribution in [0.1, 0.15) is 50.5 Å². The van der Waals surface area contributed by atoms with Crippen LogP contribution in [-0.2, 0) is 16.0 Å². The molecule has 2 atom stereocenters. The lowest BCUT2D eigenvalue weighted by Crippen LogP contribution is -2.32. The number of fused-ring (bicyclic) bond motifs is 1. The number of aliphatic hydroxyl groups excluding tert-OH is 1. The van der Waals surface area contributed by atoms with Crippen molar-refractivity contribution in [2.24, 2.45) is 0 Å². The topological polar surface area (TPSA) is 77.8 Å². The predicted molar refractivity (Wildman–Crippen MR) is 118 cm³/mol. The molecule has 0 aromatic heterocycles. The third-order valence-corrected chi connectivity index (χ3v) is 5.78. The van der Waals surface area contributed by atoms with Crippen LogP contribution in [0.2, 0.25) is 0 Å². The summed E-state index contributed by atoms with van der Waals surface area (Å²) in [5, 5.41) is 21.6. The fourth-order valence-corrected chi connectivity index (χ4v) is 4.18. The molecule has 0 aliphatic carbocycles. The van der Waals surface area contributed by atoms with Crippen molar-refractivity contribution >= 4 is 22.6 Å². The number of likely N-dealkylation sites (tertiary alicyclic amines) is 1. The van der Waals surface area contributed by atoms with Crippen LogP contribution in [0.3, 0.4) is 0 Å². The summed E-state index contributed by atoms with van der Waals surface area (Å²) in [5.41, 5.74) is 1.12. The Morgan fingerprint density at radius 3 is 2.70 bits per heavy atom.